The molecule has 1 aromatic rings. The fourth-order valence-electron chi connectivity index (χ4n) is 1.67. The summed E-state index contributed by atoms with van der Waals surface area (Å²) >= 11 is 0. The van der Waals surface area contributed by atoms with E-state index in [-0.39, 0.29) is 32.0 Å². The summed E-state index contributed by atoms with van der Waals surface area (Å²) in [7, 11) is 0. The summed E-state index contributed by atoms with van der Waals surface area (Å²) in [5, 5.41) is 2.70. The third-order valence-corrected chi connectivity index (χ3v) is 2.73. The third kappa shape index (κ3) is 7.67. The molecule has 0 aliphatic heterocycles. The summed E-state index contributed by atoms with van der Waals surface area (Å²) in [6.07, 6.45) is -5.04. The summed E-state index contributed by atoms with van der Waals surface area (Å²) in [5.41, 5.74) is 7.01. The molecule has 21 heavy (non-hydrogen) atoms. The fraction of sp³-hybridized carbons (Fsp3) is 0.500. The maximum absolute atomic E-state index is 11.9. The monoisotopic (exact) mass is 304 g/mol. The van der Waals surface area contributed by atoms with Gasteiger partial charge in [0.05, 0.1) is 13.0 Å². The van der Waals surface area contributed by atoms with Gasteiger partial charge in [0.2, 0.25) is 5.91 Å². The second-order valence-electron chi connectivity index (χ2n) is 4.49. The number of carbonyl (C=O) groups excluding carboxylic acids is 1. The molecule has 1 aromatic carbocycles. The zero-order valence-corrected chi connectivity index (χ0v) is 11.6. The van der Waals surface area contributed by atoms with Gasteiger partial charge in [0.1, 0.15) is 0 Å². The number of ether oxygens (including phenoxy) is 1. The number of hydrogen-bond acceptors (Lipinski definition) is 3. The number of nitrogens with two attached hydrogens (primary N) is 1. The molecule has 0 aromatic heterocycles. The topological polar surface area (TPSA) is 64.3 Å². The van der Waals surface area contributed by atoms with Gasteiger partial charge in [-0.25, -0.2) is 0 Å². The van der Waals surface area contributed by atoms with Gasteiger partial charge in [-0.05, 0) is 18.1 Å². The first-order valence-electron chi connectivity index (χ1n) is 6.64. The molecular formula is C14H19F3N2O2. The minimum absolute atomic E-state index is 0.00776. The van der Waals surface area contributed by atoms with Gasteiger partial charge >= 0.3 is 6.18 Å². The standard InChI is InChI=1S/C14H19F3N2O2/c15-14(16,17)7-3-8-21-9-6-13(20)19-12-5-2-1-4-11(12)10-18/h1-2,4-5H,3,6-10,18H2,(H,19,20). The number of rotatable bonds is 8. The smallest absolute Gasteiger partial charge is 0.381 e. The Morgan fingerprint density at radius 3 is 2.62 bits per heavy atom. The molecule has 1 rings (SSSR count). The van der Waals surface area contributed by atoms with Crippen molar-refractivity contribution in [1.82, 2.24) is 0 Å². The number of alkyl halides is 3. The summed E-state index contributed by atoms with van der Waals surface area (Å²) in [6.45, 7) is 0.394. The molecule has 0 bridgehead atoms. The quantitative estimate of drug-likeness (QED) is 0.726. The van der Waals surface area contributed by atoms with Gasteiger partial charge in [-0.3, -0.25) is 4.79 Å². The van der Waals surface area contributed by atoms with Crippen molar-refractivity contribution in [3.8, 4) is 0 Å². The van der Waals surface area contributed by atoms with E-state index >= 15 is 0 Å². The number of benzene rings is 1. The van der Waals surface area contributed by atoms with Crippen LogP contribution >= 0.6 is 0 Å². The van der Waals surface area contributed by atoms with Crippen molar-refractivity contribution in [2.75, 3.05) is 18.5 Å². The molecule has 118 valence electrons. The first-order valence-corrected chi connectivity index (χ1v) is 6.64. The molecule has 3 N–H and O–H groups in total. The first-order chi connectivity index (χ1) is 9.92. The largest absolute Gasteiger partial charge is 0.389 e. The molecule has 0 heterocycles. The van der Waals surface area contributed by atoms with Crippen molar-refractivity contribution in [2.24, 2.45) is 5.73 Å². The minimum Gasteiger partial charge on any atom is -0.381 e. The number of anilines is 1. The number of para-hydroxylation sites is 1. The van der Waals surface area contributed by atoms with E-state index in [1.165, 1.54) is 0 Å². The molecule has 0 unspecified atom stereocenters. The Balaban J connectivity index is 2.20. The Labute approximate surface area is 121 Å². The van der Waals surface area contributed by atoms with Gasteiger partial charge in [0, 0.05) is 25.3 Å². The first kappa shape index (κ1) is 17.5. The molecule has 4 nitrogen and oxygen atoms in total. The normalized spacial score (nSPS) is 11.4. The molecule has 0 saturated heterocycles. The zero-order valence-electron chi connectivity index (χ0n) is 11.6. The van der Waals surface area contributed by atoms with Crippen LogP contribution in [0.25, 0.3) is 0 Å². The van der Waals surface area contributed by atoms with E-state index in [4.69, 9.17) is 10.5 Å². The van der Waals surface area contributed by atoms with Gasteiger partial charge < -0.3 is 15.8 Å². The molecule has 0 atom stereocenters. The number of carbonyl (C=O) groups is 1. The summed E-state index contributed by atoms with van der Waals surface area (Å²) in [5.74, 6) is -0.258. The van der Waals surface area contributed by atoms with Gasteiger partial charge in [-0.2, -0.15) is 13.2 Å². The van der Waals surface area contributed by atoms with E-state index in [2.05, 4.69) is 5.32 Å². The highest BCUT2D eigenvalue weighted by atomic mass is 19.4. The van der Waals surface area contributed by atoms with Gasteiger partial charge in [-0.1, -0.05) is 18.2 Å². The van der Waals surface area contributed by atoms with Crippen LogP contribution in [0.4, 0.5) is 18.9 Å². The molecule has 1 amide bonds. The van der Waals surface area contributed by atoms with Crippen LogP contribution in [0.1, 0.15) is 24.8 Å². The third-order valence-electron chi connectivity index (χ3n) is 2.73. The zero-order chi connectivity index (χ0) is 15.7. The highest BCUT2D eigenvalue weighted by Crippen LogP contribution is 2.21. The second kappa shape index (κ2) is 8.63. The second-order valence-corrected chi connectivity index (χ2v) is 4.49. The van der Waals surface area contributed by atoms with Crippen molar-refractivity contribution in [1.29, 1.82) is 0 Å². The van der Waals surface area contributed by atoms with Gasteiger partial charge in [0.25, 0.3) is 0 Å². The van der Waals surface area contributed by atoms with Crippen LogP contribution in [0, 0.1) is 0 Å². The molecule has 0 fully saturated rings. The van der Waals surface area contributed by atoms with E-state index < -0.39 is 12.6 Å². The van der Waals surface area contributed by atoms with Crippen LogP contribution in [0.3, 0.4) is 0 Å². The highest BCUT2D eigenvalue weighted by Gasteiger charge is 2.25. The Hall–Kier alpha value is -1.60. The maximum atomic E-state index is 11.9. The molecule has 0 radical (unpaired) electrons. The van der Waals surface area contributed by atoms with Crippen LogP contribution < -0.4 is 11.1 Å². The summed E-state index contributed by atoms with van der Waals surface area (Å²) in [4.78, 5) is 11.7. The molecule has 7 heteroatoms. The van der Waals surface area contributed by atoms with Crippen LogP contribution in [-0.4, -0.2) is 25.3 Å². The number of hydrogen-bond donors (Lipinski definition) is 2. The van der Waals surface area contributed by atoms with Crippen molar-refractivity contribution in [3.05, 3.63) is 29.8 Å². The van der Waals surface area contributed by atoms with Crippen molar-refractivity contribution in [2.45, 2.75) is 32.0 Å². The summed E-state index contributed by atoms with van der Waals surface area (Å²) < 4.78 is 40.6. The lowest BCUT2D eigenvalue weighted by Gasteiger charge is -2.10. The number of halogens is 3. The van der Waals surface area contributed by atoms with Crippen LogP contribution in [-0.2, 0) is 16.1 Å². The SMILES string of the molecule is NCc1ccccc1NC(=O)CCOCCCC(F)(F)F. The Bertz CT molecular complexity index is 450. The van der Waals surface area contributed by atoms with Gasteiger partial charge in [0.15, 0.2) is 0 Å². The summed E-state index contributed by atoms with van der Waals surface area (Å²) in [6, 6.07) is 7.15. The lowest BCUT2D eigenvalue weighted by atomic mass is 10.2. The van der Waals surface area contributed by atoms with E-state index in [9.17, 15) is 18.0 Å². The van der Waals surface area contributed by atoms with E-state index in [0.29, 0.717) is 12.2 Å². The predicted molar refractivity (Wildman–Crippen MR) is 73.7 cm³/mol. The van der Waals surface area contributed by atoms with E-state index in [1.807, 2.05) is 12.1 Å². The number of amides is 1. The predicted octanol–water partition coefficient (Wildman–Crippen LogP) is 2.83. The lowest BCUT2D eigenvalue weighted by Crippen LogP contribution is -2.16. The molecule has 0 aliphatic carbocycles. The van der Waals surface area contributed by atoms with E-state index in [1.54, 1.807) is 12.1 Å². The Morgan fingerprint density at radius 2 is 1.95 bits per heavy atom. The molecule has 0 saturated carbocycles. The lowest BCUT2D eigenvalue weighted by molar-refractivity contribution is -0.138. The molecular weight excluding hydrogens is 285 g/mol. The van der Waals surface area contributed by atoms with Crippen LogP contribution in [0.5, 0.6) is 0 Å². The Kier molecular flexibility index (Phi) is 7.18. The Morgan fingerprint density at radius 1 is 1.24 bits per heavy atom. The van der Waals surface area contributed by atoms with Crippen molar-refractivity contribution < 1.29 is 22.7 Å². The minimum atomic E-state index is -4.16. The highest BCUT2D eigenvalue weighted by molar-refractivity contribution is 5.91. The van der Waals surface area contributed by atoms with Crippen molar-refractivity contribution >= 4 is 11.6 Å². The maximum Gasteiger partial charge on any atom is 0.389 e. The van der Waals surface area contributed by atoms with Crippen LogP contribution in [0.2, 0.25) is 0 Å². The molecule has 0 spiro atoms. The van der Waals surface area contributed by atoms with E-state index in [0.717, 1.165) is 5.56 Å². The number of nitrogens with one attached hydrogen (secondary N) is 1. The fourth-order valence-corrected chi connectivity index (χ4v) is 1.67. The molecule has 0 aliphatic rings. The van der Waals surface area contributed by atoms with Crippen LogP contribution in [0.15, 0.2) is 24.3 Å². The van der Waals surface area contributed by atoms with Gasteiger partial charge in [-0.15, -0.1) is 0 Å². The van der Waals surface area contributed by atoms with Crippen molar-refractivity contribution in [3.63, 3.8) is 0 Å². The average molecular weight is 304 g/mol. The average Bonchev–Trinajstić information content (AvgIpc) is 2.42.